The fraction of sp³-hybridized carbons (Fsp3) is 0.158. The molecule has 0 spiro atoms. The summed E-state index contributed by atoms with van der Waals surface area (Å²) in [7, 11) is 0. The third-order valence-corrected chi connectivity index (χ3v) is 4.12. The minimum absolute atomic E-state index is 0.150. The van der Waals surface area contributed by atoms with Crippen molar-refractivity contribution in [1.29, 1.82) is 0 Å². The van der Waals surface area contributed by atoms with E-state index in [9.17, 15) is 9.59 Å². The topological polar surface area (TPSA) is 77.3 Å². The maximum Gasteiger partial charge on any atom is 0.309 e. The predicted octanol–water partition coefficient (Wildman–Crippen LogP) is 4.33. The number of carbonyl (C=O) groups excluding carboxylic acids is 2. The number of hydrogen-bond acceptors (Lipinski definition) is 6. The van der Waals surface area contributed by atoms with Crippen LogP contribution in [-0.2, 0) is 19.1 Å². The Morgan fingerprint density at radius 1 is 1.00 bits per heavy atom. The first-order chi connectivity index (χ1) is 12.8. The van der Waals surface area contributed by atoms with E-state index in [-0.39, 0.29) is 5.90 Å². The quantitative estimate of drug-likeness (QED) is 0.697. The van der Waals surface area contributed by atoms with Gasteiger partial charge in [0.15, 0.2) is 0 Å². The van der Waals surface area contributed by atoms with Crippen LogP contribution < -0.4 is 0 Å². The molecule has 0 aromatic heterocycles. The molecule has 1 unspecified atom stereocenters. The van der Waals surface area contributed by atoms with E-state index in [1.165, 1.54) is 13.8 Å². The summed E-state index contributed by atoms with van der Waals surface area (Å²) < 4.78 is 10.4. The van der Waals surface area contributed by atoms with E-state index in [0.717, 1.165) is 0 Å². The first kappa shape index (κ1) is 19.1. The average Bonchev–Trinajstić information content (AvgIpc) is 2.72. The summed E-state index contributed by atoms with van der Waals surface area (Å²) in [6.45, 7) is 2.45. The largest absolute Gasteiger partial charge is 0.430 e. The summed E-state index contributed by atoms with van der Waals surface area (Å²) in [5.41, 5.74) is 2.02. The zero-order valence-electron chi connectivity index (χ0n) is 14.4. The number of benzene rings is 2. The number of carbonyl (C=O) groups is 2. The number of ether oxygens (including phenoxy) is 2. The standard InChI is InChI=1S/C19H14Cl2N2O4/c1-10(24)26-18-19(27-11(2)25)23-17(13-5-3-4-6-15(13)21)14-9-12(20)7-8-16(14)22-18/h3-9,19H,1-2H3. The minimum Gasteiger partial charge on any atom is -0.430 e. The molecule has 2 aromatic carbocycles. The first-order valence-electron chi connectivity index (χ1n) is 7.92. The summed E-state index contributed by atoms with van der Waals surface area (Å²) >= 11 is 12.5. The van der Waals surface area contributed by atoms with Crippen molar-refractivity contribution in [2.24, 2.45) is 9.98 Å². The monoisotopic (exact) mass is 404 g/mol. The van der Waals surface area contributed by atoms with Crippen LogP contribution in [0.5, 0.6) is 0 Å². The van der Waals surface area contributed by atoms with Gasteiger partial charge in [-0.25, -0.2) is 9.98 Å². The lowest BCUT2D eigenvalue weighted by atomic mass is 10.0. The Balaban J connectivity index is 2.27. The van der Waals surface area contributed by atoms with Crippen LogP contribution in [0.3, 0.4) is 0 Å². The van der Waals surface area contributed by atoms with Gasteiger partial charge < -0.3 is 9.47 Å². The number of rotatable bonds is 2. The van der Waals surface area contributed by atoms with E-state index in [0.29, 0.717) is 32.6 Å². The Hall–Kier alpha value is -2.70. The second-order valence-electron chi connectivity index (χ2n) is 5.62. The molecule has 1 atom stereocenters. The van der Waals surface area contributed by atoms with Crippen LogP contribution in [-0.4, -0.2) is 29.8 Å². The lowest BCUT2D eigenvalue weighted by molar-refractivity contribution is -0.145. The molecule has 1 heterocycles. The van der Waals surface area contributed by atoms with E-state index in [4.69, 9.17) is 32.7 Å². The van der Waals surface area contributed by atoms with Gasteiger partial charge >= 0.3 is 11.9 Å². The predicted molar refractivity (Wildman–Crippen MR) is 103 cm³/mol. The van der Waals surface area contributed by atoms with Gasteiger partial charge in [0, 0.05) is 35.0 Å². The van der Waals surface area contributed by atoms with Crippen molar-refractivity contribution in [3.63, 3.8) is 0 Å². The number of esters is 2. The fourth-order valence-electron chi connectivity index (χ4n) is 2.53. The number of aliphatic imine (C=N–C) groups is 2. The molecule has 0 amide bonds. The molecule has 0 N–H and O–H groups in total. The molecular formula is C19H14Cl2N2O4. The van der Waals surface area contributed by atoms with Gasteiger partial charge in [-0.15, -0.1) is 0 Å². The van der Waals surface area contributed by atoms with E-state index >= 15 is 0 Å². The van der Waals surface area contributed by atoms with Crippen molar-refractivity contribution >= 4 is 52.4 Å². The summed E-state index contributed by atoms with van der Waals surface area (Å²) in [5.74, 6) is -1.37. The van der Waals surface area contributed by atoms with Gasteiger partial charge in [-0.1, -0.05) is 41.4 Å². The lowest BCUT2D eigenvalue weighted by Crippen LogP contribution is -2.28. The Morgan fingerprint density at radius 3 is 2.41 bits per heavy atom. The van der Waals surface area contributed by atoms with E-state index < -0.39 is 18.2 Å². The van der Waals surface area contributed by atoms with Crippen LogP contribution in [0.15, 0.2) is 52.4 Å². The first-order valence-corrected chi connectivity index (χ1v) is 8.67. The smallest absolute Gasteiger partial charge is 0.309 e. The van der Waals surface area contributed by atoms with Crippen molar-refractivity contribution in [3.8, 4) is 0 Å². The van der Waals surface area contributed by atoms with Crippen molar-refractivity contribution in [2.75, 3.05) is 0 Å². The maximum absolute atomic E-state index is 11.6. The number of halogens is 2. The fourth-order valence-corrected chi connectivity index (χ4v) is 2.93. The zero-order valence-corrected chi connectivity index (χ0v) is 15.9. The normalized spacial score (nSPS) is 15.8. The van der Waals surface area contributed by atoms with Crippen LogP contribution in [0.1, 0.15) is 25.0 Å². The summed E-state index contributed by atoms with van der Waals surface area (Å²) in [4.78, 5) is 31.9. The Bertz CT molecular complexity index is 985. The second-order valence-corrected chi connectivity index (χ2v) is 6.47. The Kier molecular flexibility index (Phi) is 5.58. The van der Waals surface area contributed by atoms with E-state index in [1.807, 2.05) is 0 Å². The summed E-state index contributed by atoms with van der Waals surface area (Å²) in [5, 5.41) is 0.906. The van der Waals surface area contributed by atoms with Gasteiger partial charge in [0.1, 0.15) is 0 Å². The molecule has 27 heavy (non-hydrogen) atoms. The van der Waals surface area contributed by atoms with Gasteiger partial charge in [-0.05, 0) is 24.3 Å². The number of fused-ring (bicyclic) bond motifs is 1. The van der Waals surface area contributed by atoms with Gasteiger partial charge in [0.2, 0.25) is 0 Å². The van der Waals surface area contributed by atoms with Crippen LogP contribution in [0.25, 0.3) is 0 Å². The maximum atomic E-state index is 11.6. The molecular weight excluding hydrogens is 391 g/mol. The SMILES string of the molecule is CC(=O)OC1=Nc2ccc(Cl)cc2C(c2ccccc2Cl)=NC1OC(C)=O. The summed E-state index contributed by atoms with van der Waals surface area (Å²) in [6.07, 6.45) is -1.25. The molecule has 1 aliphatic rings. The van der Waals surface area contributed by atoms with Crippen LogP contribution >= 0.6 is 23.2 Å². The molecule has 0 radical (unpaired) electrons. The zero-order chi connectivity index (χ0) is 19.6. The molecule has 1 aliphatic heterocycles. The van der Waals surface area contributed by atoms with Gasteiger partial charge in [-0.2, -0.15) is 0 Å². The van der Waals surface area contributed by atoms with Gasteiger partial charge in [-0.3, -0.25) is 9.59 Å². The molecule has 0 fully saturated rings. The molecule has 0 saturated heterocycles. The minimum atomic E-state index is -1.25. The van der Waals surface area contributed by atoms with E-state index in [2.05, 4.69) is 9.98 Å². The molecule has 2 aromatic rings. The second kappa shape index (κ2) is 7.90. The third-order valence-electron chi connectivity index (χ3n) is 3.56. The third kappa shape index (κ3) is 4.35. The highest BCUT2D eigenvalue weighted by molar-refractivity contribution is 6.36. The van der Waals surface area contributed by atoms with Gasteiger partial charge in [0.05, 0.1) is 11.4 Å². The molecule has 138 valence electrons. The van der Waals surface area contributed by atoms with E-state index in [1.54, 1.807) is 42.5 Å². The Morgan fingerprint density at radius 2 is 1.74 bits per heavy atom. The molecule has 3 rings (SSSR count). The van der Waals surface area contributed by atoms with Crippen LogP contribution in [0.4, 0.5) is 5.69 Å². The highest BCUT2D eigenvalue weighted by Gasteiger charge is 2.28. The Labute approximate surface area is 165 Å². The van der Waals surface area contributed by atoms with Gasteiger partial charge in [0.25, 0.3) is 12.1 Å². The lowest BCUT2D eigenvalue weighted by Gasteiger charge is -2.14. The molecule has 8 heteroatoms. The van der Waals surface area contributed by atoms with Crippen molar-refractivity contribution in [2.45, 2.75) is 20.1 Å². The summed E-state index contributed by atoms with van der Waals surface area (Å²) in [6, 6.07) is 12.0. The highest BCUT2D eigenvalue weighted by Crippen LogP contribution is 2.32. The average molecular weight is 405 g/mol. The molecule has 0 aliphatic carbocycles. The van der Waals surface area contributed by atoms with Crippen molar-refractivity contribution in [1.82, 2.24) is 0 Å². The molecule has 0 saturated carbocycles. The molecule has 6 nitrogen and oxygen atoms in total. The van der Waals surface area contributed by atoms with Crippen molar-refractivity contribution < 1.29 is 19.1 Å². The van der Waals surface area contributed by atoms with Crippen LogP contribution in [0, 0.1) is 0 Å². The van der Waals surface area contributed by atoms with Crippen molar-refractivity contribution in [3.05, 3.63) is 63.6 Å². The highest BCUT2D eigenvalue weighted by atomic mass is 35.5. The number of hydrogen-bond donors (Lipinski definition) is 0. The molecule has 0 bridgehead atoms. The van der Waals surface area contributed by atoms with Crippen LogP contribution in [0.2, 0.25) is 10.0 Å². The number of nitrogens with zero attached hydrogens (tertiary/aromatic N) is 2.